The largest absolute Gasteiger partial charge is 0.507 e. The number of anilines is 1. The molecule has 0 spiro atoms. The summed E-state index contributed by atoms with van der Waals surface area (Å²) >= 11 is 0.910. The number of ether oxygens (including phenoxy) is 5. The van der Waals surface area contributed by atoms with E-state index in [0.717, 1.165) is 11.3 Å². The number of nitrogens with zero attached hydrogens (tertiary/aromatic N) is 2. The van der Waals surface area contributed by atoms with E-state index in [0.29, 0.717) is 54.1 Å². The van der Waals surface area contributed by atoms with Crippen LogP contribution < -0.4 is 23.8 Å². The second-order valence-corrected chi connectivity index (χ2v) is 10.1. The summed E-state index contributed by atoms with van der Waals surface area (Å²) in [6.07, 6.45) is 1.59. The maximum Gasteiger partial charge on any atom is 0.350 e. The second-order valence-electron chi connectivity index (χ2n) is 9.17. The van der Waals surface area contributed by atoms with Crippen molar-refractivity contribution in [2.75, 3.05) is 38.4 Å². The standard InChI is InChI=1S/C30H28N2O9S/c1-5-11-39-19-9-7-17(14-21(19)38-6-2)24-23(25(33)18-8-10-20-22(15-18)41-13-12-40-20)26(34)28(35)32(24)30-31-16(3)27(42-30)29(36)37-4/h5,7-10,14-15,24,33H,1,6,11-13H2,2-4H3/b25-23+/t24-/m1/s1. The molecule has 2 aliphatic rings. The molecule has 11 nitrogen and oxygen atoms in total. The number of esters is 1. The van der Waals surface area contributed by atoms with Crippen molar-refractivity contribution < 1.29 is 43.2 Å². The summed E-state index contributed by atoms with van der Waals surface area (Å²) in [4.78, 5) is 45.4. The number of methoxy groups -OCH3 is 1. The lowest BCUT2D eigenvalue weighted by atomic mass is 9.95. The highest BCUT2D eigenvalue weighted by atomic mass is 32.1. The predicted molar refractivity (Wildman–Crippen MR) is 154 cm³/mol. The number of ketones is 1. The van der Waals surface area contributed by atoms with Crippen molar-refractivity contribution in [2.45, 2.75) is 19.9 Å². The zero-order valence-corrected chi connectivity index (χ0v) is 24.0. The monoisotopic (exact) mass is 592 g/mol. The summed E-state index contributed by atoms with van der Waals surface area (Å²) in [5, 5.41) is 11.7. The van der Waals surface area contributed by atoms with Crippen LogP contribution in [0.3, 0.4) is 0 Å². The fourth-order valence-electron chi connectivity index (χ4n) is 4.69. The lowest BCUT2D eigenvalue weighted by molar-refractivity contribution is -0.132. The van der Waals surface area contributed by atoms with Gasteiger partial charge in [-0.3, -0.25) is 14.5 Å². The van der Waals surface area contributed by atoms with Crippen molar-refractivity contribution in [2.24, 2.45) is 0 Å². The maximum absolute atomic E-state index is 13.6. The topological polar surface area (TPSA) is 134 Å². The van der Waals surface area contributed by atoms with Crippen molar-refractivity contribution in [1.29, 1.82) is 0 Å². The van der Waals surface area contributed by atoms with Crippen LogP contribution in [0.4, 0.5) is 5.13 Å². The average Bonchev–Trinajstić information content (AvgIpc) is 3.51. The molecule has 2 aromatic carbocycles. The van der Waals surface area contributed by atoms with Crippen LogP contribution >= 0.6 is 11.3 Å². The van der Waals surface area contributed by atoms with Crippen LogP contribution in [0.5, 0.6) is 23.0 Å². The number of hydrogen-bond donors (Lipinski definition) is 1. The van der Waals surface area contributed by atoms with Gasteiger partial charge in [0.05, 0.1) is 31.0 Å². The molecule has 218 valence electrons. The highest BCUT2D eigenvalue weighted by molar-refractivity contribution is 7.17. The smallest absolute Gasteiger partial charge is 0.350 e. The van der Waals surface area contributed by atoms with Crippen LogP contribution in [0.2, 0.25) is 0 Å². The second kappa shape index (κ2) is 12.0. The van der Waals surface area contributed by atoms with E-state index in [9.17, 15) is 19.5 Å². The minimum Gasteiger partial charge on any atom is -0.507 e. The van der Waals surface area contributed by atoms with E-state index >= 15 is 0 Å². The molecule has 2 aliphatic heterocycles. The average molecular weight is 593 g/mol. The SMILES string of the molecule is C=CCOc1ccc([C@@H]2/C(=C(\O)c3ccc4c(c3)OCCO4)C(=O)C(=O)N2c2nc(C)c(C(=O)OC)s2)cc1OCC. The van der Waals surface area contributed by atoms with Crippen molar-refractivity contribution in [1.82, 2.24) is 4.98 Å². The van der Waals surface area contributed by atoms with Gasteiger partial charge >= 0.3 is 11.9 Å². The molecule has 1 aromatic heterocycles. The number of aliphatic hydroxyl groups is 1. The van der Waals surface area contributed by atoms with Crippen molar-refractivity contribution >= 4 is 39.9 Å². The number of fused-ring (bicyclic) bond motifs is 1. The van der Waals surface area contributed by atoms with Crippen LogP contribution in [-0.2, 0) is 14.3 Å². The molecule has 3 heterocycles. The molecule has 0 unspecified atom stereocenters. The fraction of sp³-hybridized carbons (Fsp3) is 0.267. The Morgan fingerprint density at radius 3 is 2.62 bits per heavy atom. The summed E-state index contributed by atoms with van der Waals surface area (Å²) in [6.45, 7) is 8.35. The molecule has 12 heteroatoms. The Morgan fingerprint density at radius 2 is 1.90 bits per heavy atom. The third-order valence-electron chi connectivity index (χ3n) is 6.56. The van der Waals surface area contributed by atoms with E-state index in [2.05, 4.69) is 11.6 Å². The number of benzene rings is 2. The van der Waals surface area contributed by atoms with Gasteiger partial charge in [-0.1, -0.05) is 30.1 Å². The Balaban J connectivity index is 1.70. The first-order valence-corrected chi connectivity index (χ1v) is 13.9. The number of aromatic nitrogens is 1. The third kappa shape index (κ3) is 5.16. The zero-order chi connectivity index (χ0) is 30.0. The van der Waals surface area contributed by atoms with E-state index in [1.54, 1.807) is 49.4 Å². The Kier molecular flexibility index (Phi) is 8.16. The van der Waals surface area contributed by atoms with Gasteiger partial charge < -0.3 is 28.8 Å². The van der Waals surface area contributed by atoms with Gasteiger partial charge in [-0.2, -0.15) is 0 Å². The van der Waals surface area contributed by atoms with Gasteiger partial charge in [-0.25, -0.2) is 9.78 Å². The number of carbonyl (C=O) groups excluding carboxylic acids is 3. The summed E-state index contributed by atoms with van der Waals surface area (Å²) in [7, 11) is 1.24. The van der Waals surface area contributed by atoms with E-state index in [4.69, 9.17) is 23.7 Å². The summed E-state index contributed by atoms with van der Waals surface area (Å²) < 4.78 is 27.6. The predicted octanol–water partition coefficient (Wildman–Crippen LogP) is 4.60. The van der Waals surface area contributed by atoms with Gasteiger partial charge in [0.1, 0.15) is 30.5 Å². The lowest BCUT2D eigenvalue weighted by Gasteiger charge is -2.24. The molecule has 0 aliphatic carbocycles. The number of Topliss-reactive ketones (excluding diaryl/α,β-unsaturated/α-hetero) is 1. The highest BCUT2D eigenvalue weighted by Crippen LogP contribution is 2.46. The molecule has 42 heavy (non-hydrogen) atoms. The molecule has 1 amide bonds. The minimum atomic E-state index is -1.12. The van der Waals surface area contributed by atoms with Crippen LogP contribution in [0.1, 0.15) is 39.5 Å². The Hall–Kier alpha value is -4.84. The van der Waals surface area contributed by atoms with Gasteiger partial charge in [0, 0.05) is 5.56 Å². The first kappa shape index (κ1) is 28.7. The number of thiazole rings is 1. The Labute approximate surface area is 245 Å². The first-order chi connectivity index (χ1) is 20.3. The molecule has 1 fully saturated rings. The first-order valence-electron chi connectivity index (χ1n) is 13.1. The number of aryl methyl sites for hydroxylation is 1. The zero-order valence-electron chi connectivity index (χ0n) is 23.2. The fourth-order valence-corrected chi connectivity index (χ4v) is 5.70. The lowest BCUT2D eigenvalue weighted by Crippen LogP contribution is -2.29. The van der Waals surface area contributed by atoms with E-state index in [-0.39, 0.29) is 27.8 Å². The number of hydrogen-bond acceptors (Lipinski definition) is 11. The van der Waals surface area contributed by atoms with Gasteiger partial charge in [0.15, 0.2) is 28.1 Å². The van der Waals surface area contributed by atoms with Crippen LogP contribution in [0.25, 0.3) is 5.76 Å². The quantitative estimate of drug-likeness (QED) is 0.124. The summed E-state index contributed by atoms with van der Waals surface area (Å²) in [5.74, 6) is -1.18. The van der Waals surface area contributed by atoms with E-state index in [1.165, 1.54) is 12.0 Å². The van der Waals surface area contributed by atoms with Gasteiger partial charge in [0.2, 0.25) is 0 Å². The Morgan fingerprint density at radius 1 is 1.14 bits per heavy atom. The Bertz CT molecular complexity index is 1610. The van der Waals surface area contributed by atoms with Crippen LogP contribution in [0, 0.1) is 6.92 Å². The van der Waals surface area contributed by atoms with Gasteiger partial charge in [0.25, 0.3) is 5.78 Å². The number of amides is 1. The summed E-state index contributed by atoms with van der Waals surface area (Å²) in [6, 6.07) is 8.60. The molecule has 0 saturated carbocycles. The maximum atomic E-state index is 13.6. The van der Waals surface area contributed by atoms with Gasteiger partial charge in [-0.05, 0) is 49.7 Å². The summed E-state index contributed by atoms with van der Waals surface area (Å²) in [5.41, 5.74) is 0.850. The van der Waals surface area contributed by atoms with Crippen LogP contribution in [0.15, 0.2) is 54.6 Å². The van der Waals surface area contributed by atoms with Crippen molar-refractivity contribution in [3.63, 3.8) is 0 Å². The van der Waals surface area contributed by atoms with Crippen molar-refractivity contribution in [3.8, 4) is 23.0 Å². The molecule has 1 N–H and O–H groups in total. The van der Waals surface area contributed by atoms with E-state index < -0.39 is 29.5 Å². The third-order valence-corrected chi connectivity index (χ3v) is 7.70. The number of carbonyl (C=O) groups is 3. The molecule has 5 rings (SSSR count). The van der Waals surface area contributed by atoms with Crippen LogP contribution in [-0.4, -0.2) is 61.3 Å². The highest BCUT2D eigenvalue weighted by Gasteiger charge is 2.48. The van der Waals surface area contributed by atoms with Gasteiger partial charge in [-0.15, -0.1) is 0 Å². The number of rotatable bonds is 9. The minimum absolute atomic E-state index is 0.0890. The molecular formula is C30H28N2O9S. The van der Waals surface area contributed by atoms with E-state index in [1.807, 2.05) is 6.92 Å². The van der Waals surface area contributed by atoms with Crippen molar-refractivity contribution in [3.05, 3.63) is 76.3 Å². The molecule has 0 bridgehead atoms. The molecule has 0 radical (unpaired) electrons. The number of aliphatic hydroxyl groups excluding tert-OH is 1. The molecular weight excluding hydrogens is 564 g/mol. The molecule has 1 atom stereocenters. The normalized spacial score (nSPS) is 17.2. The molecule has 3 aromatic rings. The molecule has 1 saturated heterocycles.